The van der Waals surface area contributed by atoms with Crippen LogP contribution in [0.15, 0.2) is 60.7 Å². The van der Waals surface area contributed by atoms with Crippen LogP contribution >= 0.6 is 12.4 Å². The summed E-state index contributed by atoms with van der Waals surface area (Å²) in [6.45, 7) is 2.72. The monoisotopic (exact) mass is 459 g/mol. The number of rotatable bonds is 7. The van der Waals surface area contributed by atoms with Crippen molar-refractivity contribution in [3.8, 4) is 0 Å². The summed E-state index contributed by atoms with van der Waals surface area (Å²) in [5, 5.41) is 2.55. The number of nitrogens with one attached hydrogen (secondary N) is 1. The molecule has 1 heterocycles. The lowest BCUT2D eigenvalue weighted by molar-refractivity contribution is -0.154. The average molecular weight is 460 g/mol. The third-order valence-electron chi connectivity index (χ3n) is 5.66. The van der Waals surface area contributed by atoms with Gasteiger partial charge in [-0.15, -0.1) is 12.4 Å². The van der Waals surface area contributed by atoms with Crippen LogP contribution in [0, 0.1) is 0 Å². The van der Waals surface area contributed by atoms with Crippen LogP contribution in [0.1, 0.15) is 36.1 Å². The minimum absolute atomic E-state index is 0. The van der Waals surface area contributed by atoms with Gasteiger partial charge in [0.2, 0.25) is 5.91 Å². The molecule has 2 amide bonds. The van der Waals surface area contributed by atoms with Gasteiger partial charge in [-0.25, -0.2) is 4.79 Å². The van der Waals surface area contributed by atoms with E-state index in [2.05, 4.69) is 15.0 Å². The first-order valence-corrected chi connectivity index (χ1v) is 10.5. The highest BCUT2D eigenvalue weighted by molar-refractivity contribution is 6.32. The Morgan fingerprint density at radius 1 is 0.969 bits per heavy atom. The van der Waals surface area contributed by atoms with E-state index in [0.717, 1.165) is 38.6 Å². The Hall–Kier alpha value is -2.90. The molecule has 0 radical (unpaired) electrons. The highest BCUT2D eigenvalue weighted by Crippen LogP contribution is 2.26. The number of nitrogens with zero attached hydrogens (tertiary/aromatic N) is 2. The number of likely N-dealkylation sites (tertiary alicyclic amines) is 1. The number of methoxy groups -OCH3 is 1. The maximum absolute atomic E-state index is 13.6. The van der Waals surface area contributed by atoms with Crippen molar-refractivity contribution in [1.29, 1.82) is 0 Å². The predicted molar refractivity (Wildman–Crippen MR) is 124 cm³/mol. The first-order valence-electron chi connectivity index (χ1n) is 10.5. The summed E-state index contributed by atoms with van der Waals surface area (Å²) in [6.07, 6.45) is 2.31. The maximum Gasteiger partial charge on any atom is 0.396 e. The Balaban J connectivity index is 0.00000363. The lowest BCUT2D eigenvalue weighted by Crippen LogP contribution is -2.46. The van der Waals surface area contributed by atoms with Crippen molar-refractivity contribution >= 4 is 30.2 Å². The van der Waals surface area contributed by atoms with Crippen LogP contribution in [-0.4, -0.2) is 61.4 Å². The third kappa shape index (κ3) is 6.31. The average Bonchev–Trinajstić information content (AvgIpc) is 3.34. The highest BCUT2D eigenvalue weighted by Gasteiger charge is 2.33. The molecule has 0 aliphatic carbocycles. The predicted octanol–water partition coefficient (Wildman–Crippen LogP) is 2.73. The quantitative estimate of drug-likeness (QED) is 0.508. The number of carbonyl (C=O) groups excluding carboxylic acids is 3. The molecule has 8 heteroatoms. The first-order chi connectivity index (χ1) is 15.0. The molecule has 0 saturated carbocycles. The summed E-state index contributed by atoms with van der Waals surface area (Å²) < 4.78 is 4.51. The van der Waals surface area contributed by atoms with Gasteiger partial charge in [0.15, 0.2) is 0 Å². The normalized spacial score (nSPS) is 15.2. The minimum Gasteiger partial charge on any atom is -0.462 e. The van der Waals surface area contributed by atoms with Crippen molar-refractivity contribution in [3.63, 3.8) is 0 Å². The highest BCUT2D eigenvalue weighted by atomic mass is 35.5. The van der Waals surface area contributed by atoms with E-state index in [4.69, 9.17) is 0 Å². The molecule has 1 aliphatic rings. The molecule has 2 aromatic rings. The Morgan fingerprint density at radius 2 is 1.50 bits per heavy atom. The van der Waals surface area contributed by atoms with Gasteiger partial charge in [0.1, 0.15) is 6.04 Å². The van der Waals surface area contributed by atoms with Gasteiger partial charge >= 0.3 is 11.9 Å². The second-order valence-corrected chi connectivity index (χ2v) is 7.69. The van der Waals surface area contributed by atoms with E-state index in [0.29, 0.717) is 12.1 Å². The molecule has 1 N–H and O–H groups in total. The molecule has 0 spiro atoms. The molecule has 1 unspecified atom stereocenters. The van der Waals surface area contributed by atoms with E-state index in [1.54, 1.807) is 36.2 Å². The number of hydrogen-bond donors (Lipinski definition) is 1. The number of likely N-dealkylation sites (N-methyl/N-ethyl adjacent to an activating group) is 1. The fraction of sp³-hybridized carbons (Fsp3) is 0.375. The zero-order valence-electron chi connectivity index (χ0n) is 18.4. The minimum atomic E-state index is -1.03. The van der Waals surface area contributed by atoms with E-state index in [1.165, 1.54) is 0 Å². The summed E-state index contributed by atoms with van der Waals surface area (Å²) in [6, 6.07) is 17.6. The zero-order chi connectivity index (χ0) is 22.2. The van der Waals surface area contributed by atoms with E-state index in [-0.39, 0.29) is 24.4 Å². The van der Waals surface area contributed by atoms with Gasteiger partial charge in [0, 0.05) is 13.6 Å². The van der Waals surface area contributed by atoms with Gasteiger partial charge < -0.3 is 19.9 Å². The fourth-order valence-electron chi connectivity index (χ4n) is 3.91. The Labute approximate surface area is 195 Å². The summed E-state index contributed by atoms with van der Waals surface area (Å²) in [7, 11) is 2.88. The van der Waals surface area contributed by atoms with E-state index < -0.39 is 17.9 Å². The van der Waals surface area contributed by atoms with Crippen LogP contribution < -0.4 is 5.32 Å². The van der Waals surface area contributed by atoms with Gasteiger partial charge in [-0.05, 0) is 37.1 Å². The number of esters is 1. The Morgan fingerprint density at radius 3 is 2.03 bits per heavy atom. The van der Waals surface area contributed by atoms with Gasteiger partial charge in [0.25, 0.3) is 0 Å². The Bertz CT molecular complexity index is 889. The molecule has 1 aliphatic heterocycles. The molecule has 1 saturated heterocycles. The summed E-state index contributed by atoms with van der Waals surface area (Å²) >= 11 is 0. The zero-order valence-corrected chi connectivity index (χ0v) is 19.2. The first kappa shape index (κ1) is 25.4. The number of amides is 2. The smallest absolute Gasteiger partial charge is 0.396 e. The van der Waals surface area contributed by atoms with Crippen molar-refractivity contribution in [2.75, 3.05) is 33.8 Å². The fourth-order valence-corrected chi connectivity index (χ4v) is 3.91. The Kier molecular flexibility index (Phi) is 9.68. The van der Waals surface area contributed by atoms with Gasteiger partial charge in [-0.2, -0.15) is 0 Å². The van der Waals surface area contributed by atoms with Gasteiger partial charge in [-0.3, -0.25) is 9.59 Å². The molecule has 0 aromatic heterocycles. The molecule has 1 fully saturated rings. The third-order valence-corrected chi connectivity index (χ3v) is 5.66. The summed E-state index contributed by atoms with van der Waals surface area (Å²) in [5.41, 5.74) is 1.63. The number of ether oxygens (including phenoxy) is 1. The topological polar surface area (TPSA) is 78.9 Å². The van der Waals surface area contributed by atoms with Crippen LogP contribution in [0.25, 0.3) is 0 Å². The van der Waals surface area contributed by atoms with Crippen molar-refractivity contribution < 1.29 is 19.1 Å². The van der Waals surface area contributed by atoms with Gasteiger partial charge in [-0.1, -0.05) is 60.7 Å². The summed E-state index contributed by atoms with van der Waals surface area (Å²) in [4.78, 5) is 41.6. The second kappa shape index (κ2) is 12.2. The molecular weight excluding hydrogens is 430 g/mol. The molecule has 3 rings (SSSR count). The largest absolute Gasteiger partial charge is 0.462 e. The lowest BCUT2D eigenvalue weighted by atomic mass is 10.0. The van der Waals surface area contributed by atoms with E-state index in [9.17, 15) is 14.4 Å². The van der Waals surface area contributed by atoms with E-state index in [1.807, 2.05) is 36.4 Å². The van der Waals surface area contributed by atoms with Gasteiger partial charge in [0.05, 0.1) is 13.2 Å². The molecule has 172 valence electrons. The molecule has 7 nitrogen and oxygen atoms in total. The van der Waals surface area contributed by atoms with Crippen molar-refractivity contribution in [2.45, 2.75) is 24.9 Å². The maximum atomic E-state index is 13.6. The number of halogens is 1. The van der Waals surface area contributed by atoms with E-state index >= 15 is 0 Å². The van der Waals surface area contributed by atoms with Crippen molar-refractivity contribution in [2.24, 2.45) is 0 Å². The van der Waals surface area contributed by atoms with Crippen LogP contribution in [0.3, 0.4) is 0 Å². The number of hydrogen-bond acceptors (Lipinski definition) is 5. The van der Waals surface area contributed by atoms with Crippen LogP contribution in [-0.2, 0) is 19.1 Å². The van der Waals surface area contributed by atoms with Crippen LogP contribution in [0.4, 0.5) is 0 Å². The van der Waals surface area contributed by atoms with Crippen LogP contribution in [0.5, 0.6) is 0 Å². The number of benzene rings is 2. The SMILES string of the molecule is COC(=O)C(=O)NC(C(=O)N(C)[C@H](CN1CCCC1)c1ccccc1)c1ccccc1.Cl. The molecule has 32 heavy (non-hydrogen) atoms. The lowest BCUT2D eigenvalue weighted by Gasteiger charge is -2.34. The molecule has 2 aromatic carbocycles. The number of carbonyl (C=O) groups is 3. The standard InChI is InChI=1S/C24H29N3O4.ClH/c1-26(20(17-27-15-9-10-16-27)18-11-5-3-6-12-18)23(29)21(19-13-7-4-8-14-19)25-22(28)24(30)31-2;/h3-8,11-14,20-21H,9-10,15-17H2,1-2H3,(H,25,28);1H/t20-,21?;/m1./s1. The second-order valence-electron chi connectivity index (χ2n) is 7.69. The molecule has 0 bridgehead atoms. The molecular formula is C24H30ClN3O4. The van der Waals surface area contributed by atoms with Crippen LogP contribution in [0.2, 0.25) is 0 Å². The van der Waals surface area contributed by atoms with Crippen molar-refractivity contribution in [3.05, 3.63) is 71.8 Å². The van der Waals surface area contributed by atoms with Crippen molar-refractivity contribution in [1.82, 2.24) is 15.1 Å². The molecule has 2 atom stereocenters. The summed E-state index contributed by atoms with van der Waals surface area (Å²) in [5.74, 6) is -2.28.